The third-order valence-corrected chi connectivity index (χ3v) is 3.84. The third kappa shape index (κ3) is 3.01. The van der Waals surface area contributed by atoms with Gasteiger partial charge in [-0.2, -0.15) is 5.26 Å². The first-order valence-electron chi connectivity index (χ1n) is 6.59. The van der Waals surface area contributed by atoms with Crippen LogP contribution in [0.1, 0.15) is 12.5 Å². The van der Waals surface area contributed by atoms with Gasteiger partial charge in [0.2, 0.25) is 0 Å². The molecule has 1 heterocycles. The number of rotatable bonds is 4. The fourth-order valence-electron chi connectivity index (χ4n) is 1.98. The number of imidazole rings is 1. The Kier molecular flexibility index (Phi) is 3.80. The highest BCUT2D eigenvalue weighted by Gasteiger charge is 2.06. The highest BCUT2D eigenvalue weighted by molar-refractivity contribution is 7.99. The lowest BCUT2D eigenvalue weighted by Gasteiger charge is -2.00. The molecule has 5 heteroatoms. The zero-order valence-corrected chi connectivity index (χ0v) is 12.3. The molecular formula is C16H13N3OS. The number of nitrogens with one attached hydrogen (secondary N) is 1. The molecule has 1 aromatic heterocycles. The first-order chi connectivity index (χ1) is 10.3. The molecule has 1 N–H and O–H groups in total. The van der Waals surface area contributed by atoms with Crippen molar-refractivity contribution in [3.8, 4) is 11.8 Å². The van der Waals surface area contributed by atoms with Gasteiger partial charge in [-0.3, -0.25) is 0 Å². The van der Waals surface area contributed by atoms with Crippen molar-refractivity contribution in [1.82, 2.24) is 9.97 Å². The number of H-pyrrole nitrogens is 1. The molecule has 4 nitrogen and oxygen atoms in total. The number of nitriles is 1. The fourth-order valence-corrected chi connectivity index (χ4v) is 2.78. The van der Waals surface area contributed by atoms with Crippen LogP contribution < -0.4 is 4.74 Å². The second kappa shape index (κ2) is 5.90. The summed E-state index contributed by atoms with van der Waals surface area (Å²) in [7, 11) is 0. The summed E-state index contributed by atoms with van der Waals surface area (Å²) in [5.74, 6) is 0.837. The van der Waals surface area contributed by atoms with Crippen LogP contribution in [0.4, 0.5) is 0 Å². The summed E-state index contributed by atoms with van der Waals surface area (Å²) in [6, 6.07) is 15.4. The summed E-state index contributed by atoms with van der Waals surface area (Å²) >= 11 is 1.53. The molecule has 3 aromatic rings. The number of fused-ring (bicyclic) bond motifs is 1. The Labute approximate surface area is 126 Å². The van der Waals surface area contributed by atoms with Gasteiger partial charge in [-0.15, -0.1) is 0 Å². The Morgan fingerprint density at radius 3 is 2.76 bits per heavy atom. The molecule has 0 atom stereocenters. The van der Waals surface area contributed by atoms with Gasteiger partial charge >= 0.3 is 0 Å². The third-order valence-electron chi connectivity index (χ3n) is 2.94. The van der Waals surface area contributed by atoms with Crippen LogP contribution in [0, 0.1) is 11.3 Å². The lowest BCUT2D eigenvalue weighted by Crippen LogP contribution is -1.90. The highest BCUT2D eigenvalue weighted by Crippen LogP contribution is 2.28. The van der Waals surface area contributed by atoms with E-state index < -0.39 is 0 Å². The quantitative estimate of drug-likeness (QED) is 0.790. The smallest absolute Gasteiger partial charge is 0.171 e. The molecule has 0 fully saturated rings. The Morgan fingerprint density at radius 2 is 2.05 bits per heavy atom. The van der Waals surface area contributed by atoms with Gasteiger partial charge in [0.15, 0.2) is 5.16 Å². The minimum Gasteiger partial charge on any atom is -0.494 e. The van der Waals surface area contributed by atoms with Crippen LogP contribution in [0.2, 0.25) is 0 Å². The van der Waals surface area contributed by atoms with E-state index in [9.17, 15) is 0 Å². The van der Waals surface area contributed by atoms with Crippen molar-refractivity contribution in [3.63, 3.8) is 0 Å². The van der Waals surface area contributed by atoms with Gasteiger partial charge in [0, 0.05) is 11.0 Å². The number of ether oxygens (including phenoxy) is 1. The average molecular weight is 295 g/mol. The monoisotopic (exact) mass is 295 g/mol. The lowest BCUT2D eigenvalue weighted by atomic mass is 10.2. The van der Waals surface area contributed by atoms with E-state index in [-0.39, 0.29) is 0 Å². The fraction of sp³-hybridized carbons (Fsp3) is 0.125. The zero-order valence-electron chi connectivity index (χ0n) is 11.5. The standard InChI is InChI=1S/C16H13N3OS/c1-2-20-12-5-8-14-15(9-12)19-16(18-14)21-13-6-3-11(10-17)4-7-13/h3-9H,2H2,1H3,(H,18,19). The van der Waals surface area contributed by atoms with E-state index in [1.54, 1.807) is 12.1 Å². The van der Waals surface area contributed by atoms with E-state index in [1.165, 1.54) is 11.8 Å². The summed E-state index contributed by atoms with van der Waals surface area (Å²) < 4.78 is 5.48. The van der Waals surface area contributed by atoms with Crippen LogP contribution in [0.25, 0.3) is 11.0 Å². The number of hydrogen-bond donors (Lipinski definition) is 1. The average Bonchev–Trinajstić information content (AvgIpc) is 2.90. The molecule has 0 unspecified atom stereocenters. The molecule has 0 aliphatic carbocycles. The molecule has 21 heavy (non-hydrogen) atoms. The molecule has 2 aromatic carbocycles. The molecule has 0 bridgehead atoms. The maximum Gasteiger partial charge on any atom is 0.171 e. The van der Waals surface area contributed by atoms with E-state index >= 15 is 0 Å². The van der Waals surface area contributed by atoms with Crippen molar-refractivity contribution in [2.45, 2.75) is 17.0 Å². The lowest BCUT2D eigenvalue weighted by molar-refractivity contribution is 0.340. The van der Waals surface area contributed by atoms with Crippen LogP contribution in [-0.4, -0.2) is 16.6 Å². The predicted octanol–water partition coefficient (Wildman–Crippen LogP) is 3.98. The molecule has 104 valence electrons. The van der Waals surface area contributed by atoms with Gasteiger partial charge in [0.25, 0.3) is 0 Å². The minimum absolute atomic E-state index is 0.645. The van der Waals surface area contributed by atoms with Gasteiger partial charge in [-0.1, -0.05) is 11.8 Å². The maximum atomic E-state index is 8.80. The maximum absolute atomic E-state index is 8.80. The van der Waals surface area contributed by atoms with E-state index in [1.807, 2.05) is 37.3 Å². The molecule has 0 saturated carbocycles. The van der Waals surface area contributed by atoms with Crippen molar-refractivity contribution in [2.75, 3.05) is 6.61 Å². The number of hydrogen-bond acceptors (Lipinski definition) is 4. The van der Waals surface area contributed by atoms with Crippen LogP contribution in [0.5, 0.6) is 5.75 Å². The van der Waals surface area contributed by atoms with Gasteiger partial charge in [0.05, 0.1) is 29.3 Å². The normalized spacial score (nSPS) is 10.5. The van der Waals surface area contributed by atoms with Crippen LogP contribution in [0.3, 0.4) is 0 Å². The number of benzene rings is 2. The second-order valence-electron chi connectivity index (χ2n) is 4.39. The van der Waals surface area contributed by atoms with E-state index in [4.69, 9.17) is 10.00 Å². The summed E-state index contributed by atoms with van der Waals surface area (Å²) in [5.41, 5.74) is 2.53. The molecule has 0 aliphatic rings. The number of aromatic nitrogens is 2. The molecule has 3 rings (SSSR count). The highest BCUT2D eigenvalue weighted by atomic mass is 32.2. The Bertz CT molecular complexity index is 802. The molecule has 0 spiro atoms. The van der Waals surface area contributed by atoms with Gasteiger partial charge in [-0.05, 0) is 43.3 Å². The molecule has 0 aliphatic heterocycles. The van der Waals surface area contributed by atoms with Gasteiger partial charge in [-0.25, -0.2) is 4.98 Å². The Balaban J connectivity index is 1.85. The summed E-state index contributed by atoms with van der Waals surface area (Å²) in [6.45, 7) is 2.61. The van der Waals surface area contributed by atoms with Crippen LogP contribution in [-0.2, 0) is 0 Å². The van der Waals surface area contributed by atoms with Crippen molar-refractivity contribution in [3.05, 3.63) is 48.0 Å². The predicted molar refractivity (Wildman–Crippen MR) is 82.5 cm³/mol. The van der Waals surface area contributed by atoms with Crippen molar-refractivity contribution >= 4 is 22.8 Å². The molecule has 0 radical (unpaired) electrons. The first-order valence-corrected chi connectivity index (χ1v) is 7.40. The SMILES string of the molecule is CCOc1ccc2nc(Sc3ccc(C#N)cc3)[nH]c2c1. The zero-order chi connectivity index (χ0) is 14.7. The van der Waals surface area contributed by atoms with Crippen LogP contribution in [0.15, 0.2) is 52.5 Å². The minimum atomic E-state index is 0.645. The second-order valence-corrected chi connectivity index (χ2v) is 5.45. The molecule has 0 amide bonds. The number of nitrogens with zero attached hydrogens (tertiary/aromatic N) is 2. The van der Waals surface area contributed by atoms with Crippen LogP contribution >= 0.6 is 11.8 Å². The Morgan fingerprint density at radius 1 is 1.24 bits per heavy atom. The largest absolute Gasteiger partial charge is 0.494 e. The van der Waals surface area contributed by atoms with E-state index in [2.05, 4.69) is 16.0 Å². The summed E-state index contributed by atoms with van der Waals surface area (Å²) in [4.78, 5) is 8.86. The summed E-state index contributed by atoms with van der Waals surface area (Å²) in [6.07, 6.45) is 0. The van der Waals surface area contributed by atoms with Crippen molar-refractivity contribution in [2.24, 2.45) is 0 Å². The first kappa shape index (κ1) is 13.5. The topological polar surface area (TPSA) is 61.7 Å². The molecular weight excluding hydrogens is 282 g/mol. The van der Waals surface area contributed by atoms with E-state index in [0.29, 0.717) is 12.2 Å². The summed E-state index contributed by atoms with van der Waals surface area (Å²) in [5, 5.41) is 9.62. The van der Waals surface area contributed by atoms with Gasteiger partial charge in [0.1, 0.15) is 5.75 Å². The Hall–Kier alpha value is -2.45. The van der Waals surface area contributed by atoms with Gasteiger partial charge < -0.3 is 9.72 Å². The van der Waals surface area contributed by atoms with Crippen molar-refractivity contribution < 1.29 is 4.74 Å². The van der Waals surface area contributed by atoms with Crippen molar-refractivity contribution in [1.29, 1.82) is 5.26 Å². The van der Waals surface area contributed by atoms with E-state index in [0.717, 1.165) is 26.8 Å². The molecule has 0 saturated heterocycles. The number of aromatic amines is 1.